The average molecular weight is 264 g/mol. The fourth-order valence-corrected chi connectivity index (χ4v) is 1.81. The first kappa shape index (κ1) is 12.2. The number of carbonyl (C=O) groups is 1. The standard InChI is InChI=1S/C16H12N2O2/c19-15(17-12-6-2-1-3-7-12)10-11-16-18-13-8-4-5-9-14(13)20-16/h1-11H,(H,17,19)/b11-10+. The maximum atomic E-state index is 11.7. The number of fused-ring (bicyclic) bond motifs is 1. The molecule has 98 valence electrons. The molecule has 1 amide bonds. The second-order valence-electron chi connectivity index (χ2n) is 4.21. The van der Waals surface area contributed by atoms with Crippen LogP contribution in [0.1, 0.15) is 5.89 Å². The largest absolute Gasteiger partial charge is 0.437 e. The monoisotopic (exact) mass is 264 g/mol. The van der Waals surface area contributed by atoms with Crippen molar-refractivity contribution in [3.05, 3.63) is 66.6 Å². The summed E-state index contributed by atoms with van der Waals surface area (Å²) in [5, 5.41) is 2.75. The highest BCUT2D eigenvalue weighted by atomic mass is 16.3. The average Bonchev–Trinajstić information content (AvgIpc) is 2.89. The normalized spacial score (nSPS) is 11.0. The van der Waals surface area contributed by atoms with Crippen LogP contribution < -0.4 is 5.32 Å². The van der Waals surface area contributed by atoms with E-state index >= 15 is 0 Å². The lowest BCUT2D eigenvalue weighted by atomic mass is 10.3. The molecular weight excluding hydrogens is 252 g/mol. The predicted octanol–water partition coefficient (Wildman–Crippen LogP) is 3.48. The molecule has 0 aliphatic rings. The molecule has 0 unspecified atom stereocenters. The highest BCUT2D eigenvalue weighted by molar-refractivity contribution is 6.01. The number of para-hydroxylation sites is 3. The van der Waals surface area contributed by atoms with Crippen molar-refractivity contribution in [1.82, 2.24) is 4.98 Å². The molecule has 0 saturated carbocycles. The van der Waals surface area contributed by atoms with Gasteiger partial charge in [-0.3, -0.25) is 4.79 Å². The van der Waals surface area contributed by atoms with E-state index in [-0.39, 0.29) is 5.91 Å². The molecule has 4 heteroatoms. The van der Waals surface area contributed by atoms with Crippen LogP contribution in [-0.4, -0.2) is 10.9 Å². The maximum Gasteiger partial charge on any atom is 0.248 e. The van der Waals surface area contributed by atoms with Crippen LogP contribution in [0, 0.1) is 0 Å². The number of anilines is 1. The lowest BCUT2D eigenvalue weighted by Gasteiger charge is -1.99. The predicted molar refractivity (Wildman–Crippen MR) is 78.1 cm³/mol. The summed E-state index contributed by atoms with van der Waals surface area (Å²) in [6.07, 6.45) is 2.95. The van der Waals surface area contributed by atoms with Gasteiger partial charge in [-0.25, -0.2) is 4.98 Å². The Labute approximate surface area is 115 Å². The van der Waals surface area contributed by atoms with E-state index in [1.165, 1.54) is 6.08 Å². The smallest absolute Gasteiger partial charge is 0.248 e. The minimum Gasteiger partial charge on any atom is -0.437 e. The van der Waals surface area contributed by atoms with E-state index in [1.54, 1.807) is 6.08 Å². The minimum absolute atomic E-state index is 0.224. The molecule has 0 fully saturated rings. The first-order valence-electron chi connectivity index (χ1n) is 6.21. The van der Waals surface area contributed by atoms with Crippen LogP contribution in [0.3, 0.4) is 0 Å². The van der Waals surface area contributed by atoms with Crippen LogP contribution in [0.4, 0.5) is 5.69 Å². The molecule has 3 rings (SSSR count). The molecule has 1 aromatic heterocycles. The van der Waals surface area contributed by atoms with E-state index in [0.29, 0.717) is 11.5 Å². The van der Waals surface area contributed by atoms with Gasteiger partial charge in [0, 0.05) is 17.8 Å². The van der Waals surface area contributed by atoms with Crippen molar-refractivity contribution in [1.29, 1.82) is 0 Å². The Hall–Kier alpha value is -2.88. The Bertz CT molecular complexity index is 727. The van der Waals surface area contributed by atoms with Gasteiger partial charge >= 0.3 is 0 Å². The fraction of sp³-hybridized carbons (Fsp3) is 0. The molecule has 0 spiro atoms. The summed E-state index contributed by atoms with van der Waals surface area (Å²) in [4.78, 5) is 16.0. The summed E-state index contributed by atoms with van der Waals surface area (Å²) < 4.78 is 5.49. The number of nitrogens with zero attached hydrogens (tertiary/aromatic N) is 1. The molecule has 1 heterocycles. The third kappa shape index (κ3) is 2.75. The van der Waals surface area contributed by atoms with Gasteiger partial charge in [-0.15, -0.1) is 0 Å². The van der Waals surface area contributed by atoms with Crippen LogP contribution in [0.25, 0.3) is 17.2 Å². The van der Waals surface area contributed by atoms with Crippen molar-refractivity contribution in [3.63, 3.8) is 0 Å². The second kappa shape index (κ2) is 5.40. The van der Waals surface area contributed by atoms with E-state index in [4.69, 9.17) is 4.42 Å². The first-order valence-corrected chi connectivity index (χ1v) is 6.21. The van der Waals surface area contributed by atoms with Gasteiger partial charge in [-0.2, -0.15) is 0 Å². The van der Waals surface area contributed by atoms with Crippen molar-refractivity contribution in [2.24, 2.45) is 0 Å². The lowest BCUT2D eigenvalue weighted by molar-refractivity contribution is -0.111. The molecule has 4 nitrogen and oxygen atoms in total. The molecule has 3 aromatic rings. The number of nitrogens with one attached hydrogen (secondary N) is 1. The van der Waals surface area contributed by atoms with E-state index in [1.807, 2.05) is 54.6 Å². The van der Waals surface area contributed by atoms with Crippen LogP contribution in [0.15, 0.2) is 65.1 Å². The SMILES string of the molecule is O=C(/C=C/c1nc2ccccc2o1)Nc1ccccc1. The van der Waals surface area contributed by atoms with E-state index in [9.17, 15) is 4.79 Å². The van der Waals surface area contributed by atoms with Crippen molar-refractivity contribution in [3.8, 4) is 0 Å². The summed E-state index contributed by atoms with van der Waals surface area (Å²) in [6, 6.07) is 16.7. The molecule has 0 aliphatic carbocycles. The third-order valence-electron chi connectivity index (χ3n) is 2.73. The zero-order valence-electron chi connectivity index (χ0n) is 10.6. The number of hydrogen-bond acceptors (Lipinski definition) is 3. The van der Waals surface area contributed by atoms with Crippen molar-refractivity contribution >= 4 is 28.8 Å². The van der Waals surface area contributed by atoms with E-state index < -0.39 is 0 Å². The number of aromatic nitrogens is 1. The minimum atomic E-state index is -0.224. The zero-order chi connectivity index (χ0) is 13.8. The summed E-state index contributed by atoms with van der Waals surface area (Å²) in [5.74, 6) is 0.188. The molecular formula is C16H12N2O2. The maximum absolute atomic E-state index is 11.7. The van der Waals surface area contributed by atoms with Crippen molar-refractivity contribution in [2.45, 2.75) is 0 Å². The van der Waals surface area contributed by atoms with Gasteiger partial charge in [0.1, 0.15) is 5.52 Å². The number of benzene rings is 2. The van der Waals surface area contributed by atoms with Gasteiger partial charge in [-0.05, 0) is 24.3 Å². The number of amides is 1. The molecule has 2 aromatic carbocycles. The van der Waals surface area contributed by atoms with Gasteiger partial charge < -0.3 is 9.73 Å². The number of hydrogen-bond donors (Lipinski definition) is 1. The third-order valence-corrected chi connectivity index (χ3v) is 2.73. The van der Waals surface area contributed by atoms with Crippen LogP contribution in [-0.2, 0) is 4.79 Å². The fourth-order valence-electron chi connectivity index (χ4n) is 1.81. The summed E-state index contributed by atoms with van der Waals surface area (Å²) in [5.41, 5.74) is 2.23. The molecule has 0 bridgehead atoms. The van der Waals surface area contributed by atoms with E-state index in [2.05, 4.69) is 10.3 Å². The van der Waals surface area contributed by atoms with Crippen molar-refractivity contribution < 1.29 is 9.21 Å². The number of rotatable bonds is 3. The Morgan fingerprint density at radius 2 is 1.80 bits per heavy atom. The topological polar surface area (TPSA) is 55.1 Å². The van der Waals surface area contributed by atoms with Crippen LogP contribution in [0.2, 0.25) is 0 Å². The lowest BCUT2D eigenvalue weighted by Crippen LogP contribution is -2.07. The summed E-state index contributed by atoms with van der Waals surface area (Å²) in [6.45, 7) is 0. The highest BCUT2D eigenvalue weighted by Gasteiger charge is 2.02. The van der Waals surface area contributed by atoms with Crippen molar-refractivity contribution in [2.75, 3.05) is 5.32 Å². The second-order valence-corrected chi connectivity index (χ2v) is 4.21. The van der Waals surface area contributed by atoms with E-state index in [0.717, 1.165) is 11.2 Å². The Balaban J connectivity index is 1.72. The van der Waals surface area contributed by atoms with Crippen LogP contribution >= 0.6 is 0 Å². The van der Waals surface area contributed by atoms with Gasteiger partial charge in [0.15, 0.2) is 5.58 Å². The van der Waals surface area contributed by atoms with Gasteiger partial charge in [0.25, 0.3) is 0 Å². The Morgan fingerprint density at radius 3 is 2.60 bits per heavy atom. The molecule has 20 heavy (non-hydrogen) atoms. The van der Waals surface area contributed by atoms with Gasteiger partial charge in [-0.1, -0.05) is 30.3 Å². The molecule has 1 N–H and O–H groups in total. The number of oxazole rings is 1. The highest BCUT2D eigenvalue weighted by Crippen LogP contribution is 2.15. The molecule has 0 radical (unpaired) electrons. The van der Waals surface area contributed by atoms with Gasteiger partial charge in [0.2, 0.25) is 11.8 Å². The summed E-state index contributed by atoms with van der Waals surface area (Å²) >= 11 is 0. The first-order chi connectivity index (χ1) is 9.81. The van der Waals surface area contributed by atoms with Gasteiger partial charge in [0.05, 0.1) is 0 Å². The quantitative estimate of drug-likeness (QED) is 0.737. The molecule has 0 aliphatic heterocycles. The van der Waals surface area contributed by atoms with Crippen LogP contribution in [0.5, 0.6) is 0 Å². The zero-order valence-corrected chi connectivity index (χ0v) is 10.6. The Morgan fingerprint density at radius 1 is 1.05 bits per heavy atom. The Kier molecular flexibility index (Phi) is 3.29. The molecule has 0 atom stereocenters. The summed E-state index contributed by atoms with van der Waals surface area (Å²) in [7, 11) is 0. The molecule has 0 saturated heterocycles. The number of carbonyl (C=O) groups excluding carboxylic acids is 1.